The number of nitrogens with two attached hydrogens (primary N) is 1. The minimum Gasteiger partial charge on any atom is -0.496 e. The van der Waals surface area contributed by atoms with Crippen molar-refractivity contribution in [3.05, 3.63) is 57.2 Å². The van der Waals surface area contributed by atoms with Crippen LogP contribution < -0.4 is 15.8 Å². The van der Waals surface area contributed by atoms with E-state index in [4.69, 9.17) is 10.5 Å². The van der Waals surface area contributed by atoms with Gasteiger partial charge in [0.15, 0.2) is 0 Å². The number of nitrogens with zero attached hydrogens (tertiary/aromatic N) is 1. The number of anilines is 1. The monoisotopic (exact) mass is 465 g/mol. The van der Waals surface area contributed by atoms with Crippen molar-refractivity contribution in [3.63, 3.8) is 0 Å². The molecule has 1 amide bonds. The van der Waals surface area contributed by atoms with Gasteiger partial charge in [-0.3, -0.25) is 9.69 Å². The maximum atomic E-state index is 12.7. The van der Waals surface area contributed by atoms with Gasteiger partial charge >= 0.3 is 0 Å². The molecule has 3 rings (SSSR count). The Bertz CT molecular complexity index is 759. The van der Waals surface area contributed by atoms with Gasteiger partial charge in [-0.2, -0.15) is 0 Å². The summed E-state index contributed by atoms with van der Waals surface area (Å²) in [6, 6.07) is 14.2. The van der Waals surface area contributed by atoms with E-state index in [9.17, 15) is 4.79 Å². The van der Waals surface area contributed by atoms with Gasteiger partial charge in [-0.25, -0.2) is 0 Å². The minimum atomic E-state index is -0.0960. The van der Waals surface area contributed by atoms with Crippen LogP contribution in [0, 0.1) is 3.57 Å². The number of rotatable bonds is 5. The molecule has 1 aliphatic rings. The molecule has 1 aliphatic heterocycles. The van der Waals surface area contributed by atoms with Crippen LogP contribution >= 0.6 is 22.6 Å². The number of methoxy groups -OCH3 is 1. The highest BCUT2D eigenvalue weighted by Crippen LogP contribution is 2.27. The lowest BCUT2D eigenvalue weighted by Crippen LogP contribution is -2.44. The topological polar surface area (TPSA) is 67.6 Å². The number of hydrogen-bond donors (Lipinski definition) is 2. The van der Waals surface area contributed by atoms with E-state index in [1.807, 2.05) is 6.07 Å². The molecular weight excluding hydrogens is 441 g/mol. The van der Waals surface area contributed by atoms with Gasteiger partial charge < -0.3 is 15.8 Å². The first kappa shape index (κ1) is 19.0. The van der Waals surface area contributed by atoms with Crippen LogP contribution in [-0.2, 0) is 6.54 Å². The third kappa shape index (κ3) is 4.67. The van der Waals surface area contributed by atoms with Crippen LogP contribution in [0.1, 0.15) is 28.8 Å². The van der Waals surface area contributed by atoms with E-state index in [-0.39, 0.29) is 11.9 Å². The Labute approximate surface area is 168 Å². The van der Waals surface area contributed by atoms with Crippen LogP contribution in [-0.4, -0.2) is 37.0 Å². The highest BCUT2D eigenvalue weighted by atomic mass is 127. The van der Waals surface area contributed by atoms with Gasteiger partial charge in [0.2, 0.25) is 0 Å². The van der Waals surface area contributed by atoms with Gasteiger partial charge in [-0.15, -0.1) is 0 Å². The van der Waals surface area contributed by atoms with Gasteiger partial charge in [-0.05, 0) is 47.1 Å². The van der Waals surface area contributed by atoms with Gasteiger partial charge in [0.1, 0.15) is 5.75 Å². The maximum absolute atomic E-state index is 12.7. The van der Waals surface area contributed by atoms with E-state index in [1.54, 1.807) is 19.2 Å². The fourth-order valence-corrected chi connectivity index (χ4v) is 3.72. The number of carbonyl (C=O) groups excluding carboxylic acids is 1. The Morgan fingerprint density at radius 1 is 1.27 bits per heavy atom. The molecule has 0 bridgehead atoms. The molecule has 5 nitrogen and oxygen atoms in total. The Balaban J connectivity index is 1.56. The molecule has 0 radical (unpaired) electrons. The Hall–Kier alpha value is -1.80. The van der Waals surface area contributed by atoms with E-state index in [0.717, 1.165) is 36.0 Å². The van der Waals surface area contributed by atoms with Gasteiger partial charge in [0, 0.05) is 41.0 Å². The normalized spacial score (nSPS) is 15.6. The fraction of sp³-hybridized carbons (Fsp3) is 0.350. The molecule has 1 heterocycles. The molecule has 0 aromatic heterocycles. The van der Waals surface area contributed by atoms with Gasteiger partial charge in [0.25, 0.3) is 5.91 Å². The summed E-state index contributed by atoms with van der Waals surface area (Å²) in [7, 11) is 1.56. The molecule has 0 spiro atoms. The summed E-state index contributed by atoms with van der Waals surface area (Å²) < 4.78 is 6.18. The van der Waals surface area contributed by atoms with E-state index >= 15 is 0 Å². The zero-order chi connectivity index (χ0) is 18.5. The summed E-state index contributed by atoms with van der Waals surface area (Å²) in [6.45, 7) is 2.93. The Morgan fingerprint density at radius 3 is 2.62 bits per heavy atom. The van der Waals surface area contributed by atoms with E-state index in [1.165, 1.54) is 5.56 Å². The number of likely N-dealkylation sites (tertiary alicyclic amines) is 1. The number of benzene rings is 2. The number of amides is 1. The van der Waals surface area contributed by atoms with Crippen LogP contribution in [0.2, 0.25) is 0 Å². The zero-order valence-electron chi connectivity index (χ0n) is 14.9. The average Bonchev–Trinajstić information content (AvgIpc) is 2.66. The predicted octanol–water partition coefficient (Wildman–Crippen LogP) is 3.28. The number of piperidine rings is 1. The van der Waals surface area contributed by atoms with E-state index in [0.29, 0.717) is 17.0 Å². The van der Waals surface area contributed by atoms with Gasteiger partial charge in [-0.1, -0.05) is 30.3 Å². The summed E-state index contributed by atoms with van der Waals surface area (Å²) in [5, 5.41) is 3.15. The quantitative estimate of drug-likeness (QED) is 0.526. The molecule has 3 N–H and O–H groups in total. The average molecular weight is 465 g/mol. The standard InChI is InChI=1S/C20H24IN3O2/c1-26-19-12-18(22)17(21)11-16(19)20(25)23-15-7-9-24(10-8-15)13-14-5-3-2-4-6-14/h2-6,11-12,15H,7-10,13,22H2,1H3,(H,23,25). The van der Waals surface area contributed by atoms with Crippen LogP contribution in [0.25, 0.3) is 0 Å². The Kier molecular flexibility index (Phi) is 6.37. The minimum absolute atomic E-state index is 0.0960. The molecule has 1 fully saturated rings. The van der Waals surface area contributed by atoms with Crippen LogP contribution in [0.5, 0.6) is 5.75 Å². The molecule has 26 heavy (non-hydrogen) atoms. The third-order valence-corrected chi connectivity index (χ3v) is 5.67. The molecular formula is C20H24IN3O2. The van der Waals surface area contributed by atoms with Crippen molar-refractivity contribution in [2.24, 2.45) is 0 Å². The molecule has 2 aromatic rings. The van der Waals surface area contributed by atoms with Gasteiger partial charge in [0.05, 0.1) is 12.7 Å². The lowest BCUT2D eigenvalue weighted by Gasteiger charge is -2.32. The first-order chi connectivity index (χ1) is 12.6. The molecule has 0 saturated carbocycles. The van der Waals surface area contributed by atoms with Crippen molar-refractivity contribution < 1.29 is 9.53 Å². The van der Waals surface area contributed by atoms with Crippen molar-refractivity contribution in [2.75, 3.05) is 25.9 Å². The predicted molar refractivity (Wildman–Crippen MR) is 112 cm³/mol. The number of ether oxygens (including phenoxy) is 1. The maximum Gasteiger partial charge on any atom is 0.255 e. The number of carbonyl (C=O) groups is 1. The number of halogens is 1. The van der Waals surface area contributed by atoms with E-state index in [2.05, 4.69) is 57.1 Å². The number of hydrogen-bond acceptors (Lipinski definition) is 4. The largest absolute Gasteiger partial charge is 0.496 e. The second-order valence-corrected chi connectivity index (χ2v) is 7.75. The molecule has 1 saturated heterocycles. The fourth-order valence-electron chi connectivity index (χ4n) is 3.26. The second-order valence-electron chi connectivity index (χ2n) is 6.58. The van der Waals surface area contributed by atoms with Crippen molar-refractivity contribution >= 4 is 34.2 Å². The third-order valence-electron chi connectivity index (χ3n) is 4.74. The number of nitrogen functional groups attached to an aromatic ring is 1. The smallest absolute Gasteiger partial charge is 0.255 e. The molecule has 6 heteroatoms. The highest BCUT2D eigenvalue weighted by Gasteiger charge is 2.23. The van der Waals surface area contributed by atoms with Crippen molar-refractivity contribution in [3.8, 4) is 5.75 Å². The van der Waals surface area contributed by atoms with Crippen LogP contribution in [0.15, 0.2) is 42.5 Å². The molecule has 138 valence electrons. The second kappa shape index (κ2) is 8.73. The molecule has 0 unspecified atom stereocenters. The highest BCUT2D eigenvalue weighted by molar-refractivity contribution is 14.1. The molecule has 0 aliphatic carbocycles. The van der Waals surface area contributed by atoms with Crippen LogP contribution in [0.3, 0.4) is 0 Å². The van der Waals surface area contributed by atoms with Crippen molar-refractivity contribution in [1.82, 2.24) is 10.2 Å². The first-order valence-corrected chi connectivity index (χ1v) is 9.85. The lowest BCUT2D eigenvalue weighted by atomic mass is 10.0. The first-order valence-electron chi connectivity index (χ1n) is 8.77. The summed E-state index contributed by atoms with van der Waals surface area (Å²) >= 11 is 2.13. The lowest BCUT2D eigenvalue weighted by molar-refractivity contribution is 0.0906. The summed E-state index contributed by atoms with van der Waals surface area (Å²) in [5.41, 5.74) is 8.39. The van der Waals surface area contributed by atoms with Crippen LogP contribution in [0.4, 0.5) is 5.69 Å². The van der Waals surface area contributed by atoms with E-state index < -0.39 is 0 Å². The summed E-state index contributed by atoms with van der Waals surface area (Å²) in [5.74, 6) is 0.420. The van der Waals surface area contributed by atoms with Crippen molar-refractivity contribution in [2.45, 2.75) is 25.4 Å². The summed E-state index contributed by atoms with van der Waals surface area (Å²) in [4.78, 5) is 15.1. The zero-order valence-corrected chi connectivity index (χ0v) is 17.0. The van der Waals surface area contributed by atoms with Crippen molar-refractivity contribution in [1.29, 1.82) is 0 Å². The summed E-state index contributed by atoms with van der Waals surface area (Å²) in [6.07, 6.45) is 1.90. The Morgan fingerprint density at radius 2 is 1.96 bits per heavy atom. The molecule has 2 aromatic carbocycles. The SMILES string of the molecule is COc1cc(N)c(I)cc1C(=O)NC1CCN(Cc2ccccc2)CC1. The molecule has 0 atom stereocenters. The number of nitrogens with one attached hydrogen (secondary N) is 1.